The minimum Gasteiger partial charge on any atom is -0.491 e. The summed E-state index contributed by atoms with van der Waals surface area (Å²) in [5, 5.41) is 3.51. The van der Waals surface area contributed by atoms with E-state index < -0.39 is 0 Å². The van der Waals surface area contributed by atoms with Crippen molar-refractivity contribution in [1.82, 2.24) is 14.7 Å². The lowest BCUT2D eigenvalue weighted by molar-refractivity contribution is 0.310. The molecule has 3 heterocycles. The van der Waals surface area contributed by atoms with E-state index in [1.54, 1.807) is 0 Å². The summed E-state index contributed by atoms with van der Waals surface area (Å²) in [6.45, 7) is 1.43. The highest BCUT2D eigenvalue weighted by molar-refractivity contribution is 5.40. The fourth-order valence-electron chi connectivity index (χ4n) is 2.63. The molecule has 0 amide bonds. The van der Waals surface area contributed by atoms with Crippen LogP contribution >= 0.6 is 0 Å². The molecular weight excluding hydrogens is 250 g/mol. The molecule has 3 aromatic rings. The minimum absolute atomic E-state index is 0.246. The van der Waals surface area contributed by atoms with Gasteiger partial charge in [0.2, 0.25) is 0 Å². The number of hydrogen-bond donors (Lipinski definition) is 1. The SMILES string of the molecule is c1ccc2c(c1)OCC2NCc1cn2ccccc2n1. The highest BCUT2D eigenvalue weighted by atomic mass is 16.5. The average Bonchev–Trinajstić information content (AvgIpc) is 3.08. The minimum atomic E-state index is 0.246. The highest BCUT2D eigenvalue weighted by Gasteiger charge is 2.22. The summed E-state index contributed by atoms with van der Waals surface area (Å²) in [6, 6.07) is 14.4. The standard InChI is InChI=1S/C16H15N3O/c1-2-6-15-13(5-1)14(11-20-15)17-9-12-10-19-8-4-3-7-16(19)18-12/h1-8,10,14,17H,9,11H2. The largest absolute Gasteiger partial charge is 0.491 e. The smallest absolute Gasteiger partial charge is 0.137 e. The molecule has 1 unspecified atom stereocenters. The maximum Gasteiger partial charge on any atom is 0.137 e. The van der Waals surface area contributed by atoms with Gasteiger partial charge in [-0.3, -0.25) is 0 Å². The third kappa shape index (κ3) is 1.94. The number of imidazole rings is 1. The van der Waals surface area contributed by atoms with Crippen LogP contribution < -0.4 is 10.1 Å². The number of fused-ring (bicyclic) bond motifs is 2. The van der Waals surface area contributed by atoms with E-state index in [9.17, 15) is 0 Å². The van der Waals surface area contributed by atoms with E-state index in [-0.39, 0.29) is 6.04 Å². The third-order valence-corrected chi connectivity index (χ3v) is 3.64. The van der Waals surface area contributed by atoms with Gasteiger partial charge in [0.1, 0.15) is 18.0 Å². The molecule has 0 saturated carbocycles. The van der Waals surface area contributed by atoms with E-state index in [1.807, 2.05) is 47.0 Å². The van der Waals surface area contributed by atoms with Crippen molar-refractivity contribution in [2.75, 3.05) is 6.61 Å². The second-order valence-electron chi connectivity index (χ2n) is 4.98. The molecular formula is C16H15N3O. The first-order valence-electron chi connectivity index (χ1n) is 6.78. The van der Waals surface area contributed by atoms with Gasteiger partial charge in [-0.05, 0) is 18.2 Å². The van der Waals surface area contributed by atoms with E-state index >= 15 is 0 Å². The van der Waals surface area contributed by atoms with E-state index in [4.69, 9.17) is 4.74 Å². The molecule has 100 valence electrons. The number of rotatable bonds is 3. The van der Waals surface area contributed by atoms with Crippen LogP contribution in [0, 0.1) is 0 Å². The Balaban J connectivity index is 1.51. The molecule has 4 nitrogen and oxygen atoms in total. The first kappa shape index (κ1) is 11.5. The monoisotopic (exact) mass is 265 g/mol. The van der Waals surface area contributed by atoms with Crippen LogP contribution in [0.3, 0.4) is 0 Å². The number of benzene rings is 1. The number of hydrogen-bond acceptors (Lipinski definition) is 3. The van der Waals surface area contributed by atoms with E-state index in [2.05, 4.69) is 22.6 Å². The van der Waals surface area contributed by atoms with Crippen LogP contribution in [0.1, 0.15) is 17.3 Å². The Kier molecular flexibility index (Phi) is 2.67. The lowest BCUT2D eigenvalue weighted by Crippen LogP contribution is -2.22. The van der Waals surface area contributed by atoms with Gasteiger partial charge in [-0.15, -0.1) is 0 Å². The molecule has 2 aromatic heterocycles. The van der Waals surface area contributed by atoms with Gasteiger partial charge < -0.3 is 14.5 Å². The molecule has 0 radical (unpaired) electrons. The molecule has 1 aliphatic rings. The summed E-state index contributed by atoms with van der Waals surface area (Å²) in [5.41, 5.74) is 3.25. The van der Waals surface area contributed by atoms with Crippen LogP contribution in [-0.2, 0) is 6.54 Å². The normalized spacial score (nSPS) is 17.1. The van der Waals surface area contributed by atoms with Gasteiger partial charge in [-0.25, -0.2) is 4.98 Å². The van der Waals surface area contributed by atoms with Gasteiger partial charge in [0.25, 0.3) is 0 Å². The predicted molar refractivity (Wildman–Crippen MR) is 76.7 cm³/mol. The summed E-state index contributed by atoms with van der Waals surface area (Å²) in [7, 11) is 0. The molecule has 0 bridgehead atoms. The molecule has 0 saturated heterocycles. The maximum absolute atomic E-state index is 5.67. The Morgan fingerprint density at radius 3 is 3.05 bits per heavy atom. The van der Waals surface area contributed by atoms with Crippen LogP contribution in [0.5, 0.6) is 5.75 Å². The van der Waals surface area contributed by atoms with Crippen LogP contribution in [0.4, 0.5) is 0 Å². The van der Waals surface area contributed by atoms with Crippen LogP contribution in [0.2, 0.25) is 0 Å². The lowest BCUT2D eigenvalue weighted by Gasteiger charge is -2.09. The molecule has 0 aliphatic carbocycles. The molecule has 4 heteroatoms. The molecule has 1 aliphatic heterocycles. The molecule has 20 heavy (non-hydrogen) atoms. The third-order valence-electron chi connectivity index (χ3n) is 3.64. The van der Waals surface area contributed by atoms with Crippen molar-refractivity contribution in [3.05, 3.63) is 66.1 Å². The second-order valence-corrected chi connectivity index (χ2v) is 4.98. The number of ether oxygens (including phenoxy) is 1. The highest BCUT2D eigenvalue weighted by Crippen LogP contribution is 2.31. The fraction of sp³-hybridized carbons (Fsp3) is 0.188. The van der Waals surface area contributed by atoms with Crippen LogP contribution in [-0.4, -0.2) is 16.0 Å². The van der Waals surface area contributed by atoms with Crippen LogP contribution in [0.25, 0.3) is 5.65 Å². The molecule has 0 fully saturated rings. The van der Waals surface area contributed by atoms with Crippen molar-refractivity contribution in [2.24, 2.45) is 0 Å². The molecule has 1 aromatic carbocycles. The van der Waals surface area contributed by atoms with E-state index in [0.29, 0.717) is 6.61 Å². The summed E-state index contributed by atoms with van der Waals surface area (Å²) < 4.78 is 7.71. The van der Waals surface area contributed by atoms with Crippen molar-refractivity contribution in [1.29, 1.82) is 0 Å². The summed E-state index contributed by atoms with van der Waals surface area (Å²) >= 11 is 0. The van der Waals surface area contributed by atoms with Crippen molar-refractivity contribution in [3.63, 3.8) is 0 Å². The van der Waals surface area contributed by atoms with Gasteiger partial charge in [0.05, 0.1) is 11.7 Å². The van der Waals surface area contributed by atoms with Gasteiger partial charge in [-0.2, -0.15) is 0 Å². The van der Waals surface area contributed by atoms with Crippen molar-refractivity contribution in [3.8, 4) is 5.75 Å². The number of nitrogens with zero attached hydrogens (tertiary/aromatic N) is 2. The zero-order chi connectivity index (χ0) is 13.4. The Labute approximate surface area is 117 Å². The van der Waals surface area contributed by atoms with Gasteiger partial charge in [0.15, 0.2) is 0 Å². The summed E-state index contributed by atoms with van der Waals surface area (Å²) in [6.07, 6.45) is 4.07. The topological polar surface area (TPSA) is 38.6 Å². The quantitative estimate of drug-likeness (QED) is 0.791. The summed E-state index contributed by atoms with van der Waals surface area (Å²) in [4.78, 5) is 4.59. The average molecular weight is 265 g/mol. The molecule has 4 rings (SSSR count). The van der Waals surface area contributed by atoms with Crippen molar-refractivity contribution in [2.45, 2.75) is 12.6 Å². The fourth-order valence-corrected chi connectivity index (χ4v) is 2.63. The Morgan fingerprint density at radius 1 is 1.20 bits per heavy atom. The first-order chi connectivity index (χ1) is 9.90. The predicted octanol–water partition coefficient (Wildman–Crippen LogP) is 2.56. The Bertz CT molecular complexity index is 717. The van der Waals surface area contributed by atoms with Crippen molar-refractivity contribution < 1.29 is 4.74 Å². The maximum atomic E-state index is 5.67. The first-order valence-corrected chi connectivity index (χ1v) is 6.78. The number of nitrogens with one attached hydrogen (secondary N) is 1. The zero-order valence-corrected chi connectivity index (χ0v) is 11.0. The number of para-hydroxylation sites is 1. The zero-order valence-electron chi connectivity index (χ0n) is 11.0. The molecule has 1 atom stereocenters. The Morgan fingerprint density at radius 2 is 2.10 bits per heavy atom. The van der Waals surface area contributed by atoms with E-state index in [1.165, 1.54) is 5.56 Å². The van der Waals surface area contributed by atoms with Crippen LogP contribution in [0.15, 0.2) is 54.9 Å². The van der Waals surface area contributed by atoms with E-state index in [0.717, 1.165) is 23.6 Å². The Hall–Kier alpha value is -2.33. The van der Waals surface area contributed by atoms with Gasteiger partial charge >= 0.3 is 0 Å². The van der Waals surface area contributed by atoms with Gasteiger partial charge in [-0.1, -0.05) is 24.3 Å². The number of pyridine rings is 1. The lowest BCUT2D eigenvalue weighted by atomic mass is 10.1. The van der Waals surface area contributed by atoms with Crippen molar-refractivity contribution >= 4 is 5.65 Å². The second kappa shape index (κ2) is 4.65. The summed E-state index contributed by atoms with van der Waals surface area (Å²) in [5.74, 6) is 0.986. The number of aromatic nitrogens is 2. The molecule has 1 N–H and O–H groups in total. The van der Waals surface area contributed by atoms with Gasteiger partial charge in [0, 0.05) is 24.5 Å². The molecule has 0 spiro atoms.